The smallest absolute Gasteiger partial charge is 0.267 e. The van der Waals surface area contributed by atoms with E-state index in [0.29, 0.717) is 23.7 Å². The van der Waals surface area contributed by atoms with Gasteiger partial charge in [-0.3, -0.25) is 9.59 Å². The molecule has 1 unspecified atom stereocenters. The average molecular weight is 334 g/mol. The molecule has 1 saturated heterocycles. The van der Waals surface area contributed by atoms with Gasteiger partial charge in [0, 0.05) is 31.4 Å². The van der Waals surface area contributed by atoms with Gasteiger partial charge in [0.25, 0.3) is 5.91 Å². The van der Waals surface area contributed by atoms with Crippen molar-refractivity contribution in [3.05, 3.63) is 28.8 Å². The van der Waals surface area contributed by atoms with E-state index in [2.05, 4.69) is 14.6 Å². The molecule has 9 heteroatoms. The van der Waals surface area contributed by atoms with Gasteiger partial charge in [0.2, 0.25) is 5.91 Å². The Hall–Kier alpha value is -2.29. The van der Waals surface area contributed by atoms with E-state index >= 15 is 0 Å². The maximum atomic E-state index is 12.6. The minimum Gasteiger partial charge on any atom is -0.368 e. The number of likely N-dealkylation sites (tertiary alicyclic amines) is 1. The Morgan fingerprint density at radius 1 is 1.48 bits per heavy atom. The molecule has 0 aromatic carbocycles. The Kier molecular flexibility index (Phi) is 4.37. The summed E-state index contributed by atoms with van der Waals surface area (Å²) in [5.74, 6) is 0.471. The number of carbonyl (C=O) groups is 2. The number of nitrogens with zero attached hydrogens (tertiary/aromatic N) is 5. The fourth-order valence-electron chi connectivity index (χ4n) is 2.93. The molecular weight excluding hydrogens is 316 g/mol. The van der Waals surface area contributed by atoms with Gasteiger partial charge in [0.1, 0.15) is 17.2 Å². The second kappa shape index (κ2) is 6.45. The lowest BCUT2D eigenvalue weighted by Gasteiger charge is -2.32. The van der Waals surface area contributed by atoms with E-state index in [1.54, 1.807) is 23.9 Å². The van der Waals surface area contributed by atoms with Crippen molar-refractivity contribution in [3.8, 4) is 0 Å². The van der Waals surface area contributed by atoms with Crippen LogP contribution in [0.5, 0.6) is 0 Å². The molecule has 3 heterocycles. The second-order valence-electron chi connectivity index (χ2n) is 5.66. The normalized spacial score (nSPS) is 18.1. The highest BCUT2D eigenvalue weighted by Crippen LogP contribution is 2.27. The minimum absolute atomic E-state index is 0.0322. The molecule has 0 aliphatic carbocycles. The molecule has 0 radical (unpaired) electrons. The summed E-state index contributed by atoms with van der Waals surface area (Å²) in [6, 6.07) is 0. The Morgan fingerprint density at radius 3 is 3.00 bits per heavy atom. The van der Waals surface area contributed by atoms with Crippen LogP contribution in [-0.4, -0.2) is 48.9 Å². The van der Waals surface area contributed by atoms with Crippen LogP contribution in [0.15, 0.2) is 12.4 Å². The van der Waals surface area contributed by atoms with Gasteiger partial charge in [-0.05, 0) is 31.3 Å². The van der Waals surface area contributed by atoms with Gasteiger partial charge in [-0.15, -0.1) is 5.10 Å². The van der Waals surface area contributed by atoms with E-state index in [1.165, 1.54) is 0 Å². The molecule has 2 N–H and O–H groups in total. The number of rotatable bonds is 4. The van der Waals surface area contributed by atoms with E-state index in [9.17, 15) is 9.59 Å². The molecule has 2 amide bonds. The van der Waals surface area contributed by atoms with Crippen LogP contribution in [0.3, 0.4) is 0 Å². The lowest BCUT2D eigenvalue weighted by molar-refractivity contribution is -0.118. The summed E-state index contributed by atoms with van der Waals surface area (Å²) in [4.78, 5) is 30.5. The summed E-state index contributed by atoms with van der Waals surface area (Å²) >= 11 is 1.13. The SMILES string of the molecule is Cc1nnsc1C(=O)N1CCCC(c2nccn2CC(N)=O)C1. The fraction of sp³-hybridized carbons (Fsp3) is 0.500. The first-order chi connectivity index (χ1) is 11.1. The highest BCUT2D eigenvalue weighted by Gasteiger charge is 2.29. The van der Waals surface area contributed by atoms with Crippen LogP contribution >= 0.6 is 11.5 Å². The number of hydrogen-bond acceptors (Lipinski definition) is 6. The fourth-order valence-corrected chi connectivity index (χ4v) is 3.55. The lowest BCUT2D eigenvalue weighted by atomic mass is 9.97. The largest absolute Gasteiger partial charge is 0.368 e. The van der Waals surface area contributed by atoms with Crippen molar-refractivity contribution < 1.29 is 9.59 Å². The van der Waals surface area contributed by atoms with Crippen molar-refractivity contribution in [2.45, 2.75) is 32.2 Å². The van der Waals surface area contributed by atoms with E-state index < -0.39 is 5.91 Å². The quantitative estimate of drug-likeness (QED) is 0.878. The number of amides is 2. The van der Waals surface area contributed by atoms with Crippen LogP contribution < -0.4 is 5.73 Å². The standard InChI is InChI=1S/C14H18N6O2S/c1-9-12(23-18-17-9)14(22)20-5-2-3-10(7-20)13-16-4-6-19(13)8-11(15)21/h4,6,10H,2-3,5,7-8H2,1H3,(H2,15,21). The Bertz CT molecular complexity index is 724. The summed E-state index contributed by atoms with van der Waals surface area (Å²) < 4.78 is 5.59. The molecule has 2 aromatic rings. The van der Waals surface area contributed by atoms with Crippen molar-refractivity contribution >= 4 is 23.3 Å². The molecule has 0 bridgehead atoms. The summed E-state index contributed by atoms with van der Waals surface area (Å²) in [6.07, 6.45) is 5.24. The van der Waals surface area contributed by atoms with Gasteiger partial charge in [0.15, 0.2) is 0 Å². The van der Waals surface area contributed by atoms with E-state index in [-0.39, 0.29) is 18.4 Å². The van der Waals surface area contributed by atoms with Crippen LogP contribution in [0.2, 0.25) is 0 Å². The number of aromatic nitrogens is 4. The molecule has 2 aromatic heterocycles. The number of hydrogen-bond donors (Lipinski definition) is 1. The number of imidazole rings is 1. The molecule has 0 saturated carbocycles. The molecule has 0 spiro atoms. The molecule has 8 nitrogen and oxygen atoms in total. The van der Waals surface area contributed by atoms with Crippen LogP contribution in [0.25, 0.3) is 0 Å². The summed E-state index contributed by atoms with van der Waals surface area (Å²) in [5.41, 5.74) is 5.94. The van der Waals surface area contributed by atoms with Gasteiger partial charge >= 0.3 is 0 Å². The van der Waals surface area contributed by atoms with Crippen molar-refractivity contribution in [1.82, 2.24) is 24.0 Å². The molecule has 1 aliphatic rings. The van der Waals surface area contributed by atoms with E-state index in [1.807, 2.05) is 4.90 Å². The van der Waals surface area contributed by atoms with Gasteiger partial charge in [-0.25, -0.2) is 4.98 Å². The average Bonchev–Trinajstić information content (AvgIpc) is 3.15. The Labute approximate surface area is 137 Å². The predicted octanol–water partition coefficient (Wildman–Crippen LogP) is 0.548. The zero-order valence-electron chi connectivity index (χ0n) is 12.8. The first-order valence-corrected chi connectivity index (χ1v) is 8.21. The topological polar surface area (TPSA) is 107 Å². The van der Waals surface area contributed by atoms with Crippen LogP contribution in [0.4, 0.5) is 0 Å². The third-order valence-corrected chi connectivity index (χ3v) is 4.81. The highest BCUT2D eigenvalue weighted by molar-refractivity contribution is 7.07. The molecule has 1 atom stereocenters. The predicted molar refractivity (Wildman–Crippen MR) is 83.9 cm³/mol. The van der Waals surface area contributed by atoms with Gasteiger partial charge in [0.05, 0.1) is 5.69 Å². The zero-order valence-corrected chi connectivity index (χ0v) is 13.6. The summed E-state index contributed by atoms with van der Waals surface area (Å²) in [6.45, 7) is 3.19. The number of piperidine rings is 1. The lowest BCUT2D eigenvalue weighted by Crippen LogP contribution is -2.40. The maximum absolute atomic E-state index is 12.6. The highest BCUT2D eigenvalue weighted by atomic mass is 32.1. The third-order valence-electron chi connectivity index (χ3n) is 3.99. The van der Waals surface area contributed by atoms with Crippen LogP contribution in [-0.2, 0) is 11.3 Å². The van der Waals surface area contributed by atoms with Gasteiger partial charge in [-0.2, -0.15) is 0 Å². The minimum atomic E-state index is -0.403. The van der Waals surface area contributed by atoms with Gasteiger partial charge < -0.3 is 15.2 Å². The monoisotopic (exact) mass is 334 g/mol. The summed E-state index contributed by atoms with van der Waals surface area (Å²) in [5, 5.41) is 3.90. The van der Waals surface area contributed by atoms with E-state index in [0.717, 1.165) is 30.2 Å². The van der Waals surface area contributed by atoms with Crippen LogP contribution in [0, 0.1) is 6.92 Å². The van der Waals surface area contributed by atoms with Crippen molar-refractivity contribution in [2.75, 3.05) is 13.1 Å². The molecule has 1 fully saturated rings. The molecule has 3 rings (SSSR count). The molecule has 23 heavy (non-hydrogen) atoms. The number of aryl methyl sites for hydroxylation is 1. The van der Waals surface area contributed by atoms with Crippen molar-refractivity contribution in [2.24, 2.45) is 5.73 Å². The Balaban J connectivity index is 1.76. The zero-order chi connectivity index (χ0) is 16.4. The first kappa shape index (κ1) is 15.6. The first-order valence-electron chi connectivity index (χ1n) is 7.44. The summed E-state index contributed by atoms with van der Waals surface area (Å²) in [7, 11) is 0. The molecular formula is C14H18N6O2S. The maximum Gasteiger partial charge on any atom is 0.267 e. The molecule has 1 aliphatic heterocycles. The molecule has 122 valence electrons. The second-order valence-corrected chi connectivity index (χ2v) is 6.41. The third kappa shape index (κ3) is 3.24. The van der Waals surface area contributed by atoms with E-state index in [4.69, 9.17) is 5.73 Å². The Morgan fingerprint density at radius 2 is 2.30 bits per heavy atom. The van der Waals surface area contributed by atoms with Crippen molar-refractivity contribution in [1.29, 1.82) is 0 Å². The van der Waals surface area contributed by atoms with Gasteiger partial charge in [-0.1, -0.05) is 4.49 Å². The number of nitrogens with two attached hydrogens (primary N) is 1. The number of primary amides is 1. The number of carbonyl (C=O) groups excluding carboxylic acids is 2. The van der Waals surface area contributed by atoms with Crippen LogP contribution in [0.1, 0.15) is 39.9 Å². The van der Waals surface area contributed by atoms with Crippen molar-refractivity contribution in [3.63, 3.8) is 0 Å².